The molecule has 7 heteroatoms. The lowest BCUT2D eigenvalue weighted by Crippen LogP contribution is -2.37. The minimum atomic E-state index is -0.0610. The van der Waals surface area contributed by atoms with E-state index in [-0.39, 0.29) is 23.8 Å². The topological polar surface area (TPSA) is 78.4 Å². The number of amides is 2. The van der Waals surface area contributed by atoms with Crippen molar-refractivity contribution in [1.29, 1.82) is 0 Å². The van der Waals surface area contributed by atoms with Crippen LogP contribution in [-0.2, 0) is 16.1 Å². The molecule has 2 amide bonds. The Bertz CT molecular complexity index is 687. The van der Waals surface area contributed by atoms with E-state index in [0.29, 0.717) is 12.4 Å². The third kappa shape index (κ3) is 4.57. The van der Waals surface area contributed by atoms with Crippen molar-refractivity contribution >= 4 is 17.6 Å². The van der Waals surface area contributed by atoms with Gasteiger partial charge in [-0.3, -0.25) is 9.59 Å². The van der Waals surface area contributed by atoms with Crippen LogP contribution in [0.15, 0.2) is 6.07 Å². The Balaban J connectivity index is 1.82. The number of aromatic nitrogens is 2. The highest BCUT2D eigenvalue weighted by Crippen LogP contribution is 2.35. The molecule has 1 saturated carbocycles. The van der Waals surface area contributed by atoms with Gasteiger partial charge in [0.05, 0.1) is 18.3 Å². The average Bonchev–Trinajstić information content (AvgIpc) is 3.17. The van der Waals surface area contributed by atoms with Crippen molar-refractivity contribution in [1.82, 2.24) is 19.8 Å². The van der Waals surface area contributed by atoms with Crippen molar-refractivity contribution in [3.8, 4) is 0 Å². The zero-order valence-electron chi connectivity index (χ0n) is 16.7. The van der Waals surface area contributed by atoms with E-state index in [4.69, 9.17) is 4.98 Å². The van der Waals surface area contributed by atoms with E-state index in [1.54, 1.807) is 18.9 Å². The van der Waals surface area contributed by atoms with Crippen LogP contribution in [0.2, 0.25) is 0 Å². The van der Waals surface area contributed by atoms with Crippen molar-refractivity contribution in [2.75, 3.05) is 26.0 Å². The minimum absolute atomic E-state index is 0.00357. The van der Waals surface area contributed by atoms with Gasteiger partial charge in [0.1, 0.15) is 5.82 Å². The largest absolute Gasteiger partial charge is 0.373 e. The smallest absolute Gasteiger partial charge is 0.226 e. The molecule has 1 saturated heterocycles. The number of anilines is 1. The molecule has 0 spiro atoms. The summed E-state index contributed by atoms with van der Waals surface area (Å²) in [6.45, 7) is 2.77. The molecule has 1 atom stereocenters. The van der Waals surface area contributed by atoms with Crippen LogP contribution in [0.25, 0.3) is 0 Å². The maximum Gasteiger partial charge on any atom is 0.226 e. The van der Waals surface area contributed by atoms with Gasteiger partial charge < -0.3 is 15.1 Å². The lowest BCUT2D eigenvalue weighted by molar-refractivity contribution is -0.137. The first-order valence-corrected chi connectivity index (χ1v) is 10.1. The number of hydrogen-bond acceptors (Lipinski definition) is 5. The number of likely N-dealkylation sites (tertiary alicyclic amines) is 1. The van der Waals surface area contributed by atoms with Crippen molar-refractivity contribution in [3.05, 3.63) is 17.6 Å². The standard InChI is InChI=1S/C20H31N5O2/c1-14(26)24(3)13-16-12-18(21-2)23-19(22-16)17-10-7-11-25(17)20(27)15-8-5-4-6-9-15/h12,15,17H,4-11,13H2,1-3H3,(H,21,22,23)/t17-/m1/s1. The van der Waals surface area contributed by atoms with Gasteiger partial charge in [-0.25, -0.2) is 9.97 Å². The number of rotatable bonds is 5. The molecule has 1 aliphatic carbocycles. The first-order valence-electron chi connectivity index (χ1n) is 10.1. The summed E-state index contributed by atoms with van der Waals surface area (Å²) in [7, 11) is 3.59. The summed E-state index contributed by atoms with van der Waals surface area (Å²) in [6.07, 6.45) is 7.45. The molecule has 2 fully saturated rings. The highest BCUT2D eigenvalue weighted by Gasteiger charge is 2.36. The van der Waals surface area contributed by atoms with Crippen LogP contribution in [0.4, 0.5) is 5.82 Å². The van der Waals surface area contributed by atoms with Gasteiger partial charge in [0.15, 0.2) is 5.82 Å². The van der Waals surface area contributed by atoms with Crippen molar-refractivity contribution in [3.63, 3.8) is 0 Å². The lowest BCUT2D eigenvalue weighted by atomic mass is 9.88. The fourth-order valence-corrected chi connectivity index (χ4v) is 4.11. The third-order valence-corrected chi connectivity index (χ3v) is 5.78. The summed E-state index contributed by atoms with van der Waals surface area (Å²) < 4.78 is 0. The van der Waals surface area contributed by atoms with E-state index >= 15 is 0 Å². The summed E-state index contributed by atoms with van der Waals surface area (Å²) in [5, 5.41) is 3.08. The van der Waals surface area contributed by atoms with Crippen LogP contribution in [-0.4, -0.2) is 52.2 Å². The van der Waals surface area contributed by atoms with Gasteiger partial charge in [-0.15, -0.1) is 0 Å². The number of carbonyl (C=O) groups is 2. The zero-order valence-corrected chi connectivity index (χ0v) is 16.7. The SMILES string of the molecule is CNc1cc(CN(C)C(C)=O)nc([C@H]2CCCN2C(=O)C2CCCCC2)n1. The Labute approximate surface area is 161 Å². The first kappa shape index (κ1) is 19.6. The molecule has 1 aliphatic heterocycles. The van der Waals surface area contributed by atoms with Gasteiger partial charge in [-0.1, -0.05) is 19.3 Å². The molecule has 0 radical (unpaired) electrons. The molecule has 1 N–H and O–H groups in total. The zero-order chi connectivity index (χ0) is 19.4. The maximum absolute atomic E-state index is 13.1. The van der Waals surface area contributed by atoms with E-state index in [0.717, 1.165) is 56.6 Å². The van der Waals surface area contributed by atoms with Gasteiger partial charge in [0.25, 0.3) is 0 Å². The summed E-state index contributed by atoms with van der Waals surface area (Å²) in [6, 6.07) is 1.81. The second kappa shape index (κ2) is 8.67. The number of nitrogens with zero attached hydrogens (tertiary/aromatic N) is 4. The Kier molecular flexibility index (Phi) is 6.29. The average molecular weight is 374 g/mol. The minimum Gasteiger partial charge on any atom is -0.373 e. The normalized spacial score (nSPS) is 20.6. The molecule has 148 valence electrons. The highest BCUT2D eigenvalue weighted by molar-refractivity contribution is 5.79. The maximum atomic E-state index is 13.1. The van der Waals surface area contributed by atoms with Crippen LogP contribution in [0.3, 0.4) is 0 Å². The molecule has 3 rings (SSSR count). The quantitative estimate of drug-likeness (QED) is 0.859. The molecule has 2 heterocycles. The molecule has 1 aromatic heterocycles. The summed E-state index contributed by atoms with van der Waals surface area (Å²) in [5.41, 5.74) is 0.791. The monoisotopic (exact) mass is 373 g/mol. The lowest BCUT2D eigenvalue weighted by Gasteiger charge is -2.30. The molecular formula is C20H31N5O2. The van der Waals surface area contributed by atoms with Gasteiger partial charge in [0, 0.05) is 39.5 Å². The predicted octanol–water partition coefficient (Wildman–Crippen LogP) is 2.74. The molecule has 7 nitrogen and oxygen atoms in total. The van der Waals surface area contributed by atoms with Gasteiger partial charge in [0.2, 0.25) is 11.8 Å². The van der Waals surface area contributed by atoms with Crippen molar-refractivity contribution < 1.29 is 9.59 Å². The molecular weight excluding hydrogens is 342 g/mol. The van der Waals surface area contributed by atoms with Gasteiger partial charge >= 0.3 is 0 Å². The van der Waals surface area contributed by atoms with Crippen LogP contribution >= 0.6 is 0 Å². The van der Waals surface area contributed by atoms with Gasteiger partial charge in [-0.05, 0) is 25.7 Å². The summed E-state index contributed by atoms with van der Waals surface area (Å²) in [5.74, 6) is 1.85. The molecule has 1 aromatic rings. The highest BCUT2D eigenvalue weighted by atomic mass is 16.2. The number of nitrogens with one attached hydrogen (secondary N) is 1. The summed E-state index contributed by atoms with van der Waals surface area (Å²) in [4.78, 5) is 37.7. The molecule has 0 bridgehead atoms. The van der Waals surface area contributed by atoms with Crippen LogP contribution in [0.1, 0.15) is 69.4 Å². The molecule has 0 aromatic carbocycles. The summed E-state index contributed by atoms with van der Waals surface area (Å²) >= 11 is 0. The van der Waals surface area contributed by atoms with Crippen molar-refractivity contribution in [2.24, 2.45) is 5.92 Å². The number of carbonyl (C=O) groups excluding carboxylic acids is 2. The third-order valence-electron chi connectivity index (χ3n) is 5.78. The second-order valence-corrected chi connectivity index (χ2v) is 7.75. The number of hydrogen-bond donors (Lipinski definition) is 1. The van der Waals surface area contributed by atoms with Crippen molar-refractivity contribution in [2.45, 2.75) is 64.5 Å². The van der Waals surface area contributed by atoms with Gasteiger partial charge in [-0.2, -0.15) is 0 Å². The van der Waals surface area contributed by atoms with E-state index in [1.807, 2.05) is 18.0 Å². The molecule has 0 unspecified atom stereocenters. The predicted molar refractivity (Wildman–Crippen MR) is 104 cm³/mol. The van der Waals surface area contributed by atoms with Crippen LogP contribution in [0.5, 0.6) is 0 Å². The molecule has 27 heavy (non-hydrogen) atoms. The van der Waals surface area contributed by atoms with E-state index < -0.39 is 0 Å². The Morgan fingerprint density at radius 1 is 1.19 bits per heavy atom. The fraction of sp³-hybridized carbons (Fsp3) is 0.700. The fourth-order valence-electron chi connectivity index (χ4n) is 4.11. The van der Waals surface area contributed by atoms with Crippen LogP contribution in [0, 0.1) is 5.92 Å². The molecule has 2 aliphatic rings. The Morgan fingerprint density at radius 2 is 1.93 bits per heavy atom. The first-order chi connectivity index (χ1) is 13.0. The van der Waals surface area contributed by atoms with E-state index in [9.17, 15) is 9.59 Å². The second-order valence-electron chi connectivity index (χ2n) is 7.75. The Morgan fingerprint density at radius 3 is 2.59 bits per heavy atom. The van der Waals surface area contributed by atoms with E-state index in [2.05, 4.69) is 10.3 Å². The van der Waals surface area contributed by atoms with E-state index in [1.165, 1.54) is 6.42 Å². The Hall–Kier alpha value is -2.18. The van der Waals surface area contributed by atoms with Crippen LogP contribution < -0.4 is 5.32 Å².